The zero-order chi connectivity index (χ0) is 12.3. The van der Waals surface area contributed by atoms with Crippen LogP contribution in [0.15, 0.2) is 42.3 Å². The summed E-state index contributed by atoms with van der Waals surface area (Å²) < 4.78 is 0. The van der Waals surface area contributed by atoms with Crippen LogP contribution < -0.4 is 10.6 Å². The topological polar surface area (TPSA) is 72.1 Å². The number of nitrogens with two attached hydrogens (primary N) is 1. The second-order valence-corrected chi connectivity index (χ2v) is 3.92. The van der Waals surface area contributed by atoms with E-state index in [1.54, 1.807) is 24.3 Å². The molecule has 0 bridgehead atoms. The van der Waals surface area contributed by atoms with Gasteiger partial charge in [-0.25, -0.2) is 9.69 Å². The second-order valence-electron chi connectivity index (χ2n) is 3.40. The molecule has 0 radical (unpaired) electrons. The minimum absolute atomic E-state index is 0.376. The lowest BCUT2D eigenvalue weighted by Crippen LogP contribution is -2.36. The largest absolute Gasteiger partial charge is 0.351 e. The number of hydrogen-bond acceptors (Lipinski definition) is 4. The van der Waals surface area contributed by atoms with Gasteiger partial charge in [0, 0.05) is 17.5 Å². The molecule has 0 saturated carbocycles. The number of urea groups is 1. The zero-order valence-electron chi connectivity index (χ0n) is 8.91. The molecule has 1 aliphatic carbocycles. The molecule has 0 fully saturated rings. The Labute approximate surface area is 104 Å². The monoisotopic (exact) mass is 246 g/mol. The Morgan fingerprint density at radius 3 is 2.94 bits per heavy atom. The Balaban J connectivity index is 2.40. The van der Waals surface area contributed by atoms with E-state index in [4.69, 9.17) is 18.0 Å². The summed E-state index contributed by atoms with van der Waals surface area (Å²) in [6, 6.07) is 2.72. The molecular formula is C11H10N4OS. The van der Waals surface area contributed by atoms with Crippen molar-refractivity contribution in [3.8, 4) is 0 Å². The number of carbonyl (C=O) groups excluding carboxylic acids is 1. The third-order valence-electron chi connectivity index (χ3n) is 2.18. The molecule has 1 heterocycles. The minimum Gasteiger partial charge on any atom is -0.351 e. The third-order valence-corrected chi connectivity index (χ3v) is 2.47. The van der Waals surface area contributed by atoms with Gasteiger partial charge in [0.15, 0.2) is 5.82 Å². The van der Waals surface area contributed by atoms with E-state index in [-0.39, 0.29) is 0 Å². The lowest BCUT2D eigenvalue weighted by atomic mass is 10.1. The van der Waals surface area contributed by atoms with E-state index in [2.05, 4.69) is 10.2 Å². The van der Waals surface area contributed by atoms with Gasteiger partial charge < -0.3 is 5.73 Å². The Morgan fingerprint density at radius 1 is 1.53 bits per heavy atom. The number of primary amides is 1. The van der Waals surface area contributed by atoms with Crippen molar-refractivity contribution in [2.24, 2.45) is 5.73 Å². The van der Waals surface area contributed by atoms with Crippen LogP contribution in [0.5, 0.6) is 0 Å². The van der Waals surface area contributed by atoms with Crippen molar-refractivity contribution in [3.63, 3.8) is 0 Å². The fourth-order valence-corrected chi connectivity index (χ4v) is 1.71. The van der Waals surface area contributed by atoms with Crippen LogP contribution in [0.4, 0.5) is 10.6 Å². The van der Waals surface area contributed by atoms with E-state index in [9.17, 15) is 4.79 Å². The number of rotatable bonds is 2. The van der Waals surface area contributed by atoms with Crippen molar-refractivity contribution in [2.75, 3.05) is 4.90 Å². The first-order valence-corrected chi connectivity index (χ1v) is 5.37. The van der Waals surface area contributed by atoms with Crippen molar-refractivity contribution in [2.45, 2.75) is 6.42 Å². The second kappa shape index (κ2) is 4.84. The molecule has 5 nitrogen and oxygen atoms in total. The van der Waals surface area contributed by atoms with Crippen molar-refractivity contribution < 1.29 is 4.79 Å². The number of hydrogen-bond donors (Lipinski definition) is 1. The van der Waals surface area contributed by atoms with Crippen LogP contribution in [-0.4, -0.2) is 21.1 Å². The number of amides is 2. The maximum atomic E-state index is 11.5. The summed E-state index contributed by atoms with van der Waals surface area (Å²) in [7, 11) is 0. The molecule has 0 unspecified atom stereocenters. The highest BCUT2D eigenvalue weighted by Crippen LogP contribution is 2.19. The van der Waals surface area contributed by atoms with Crippen LogP contribution in [-0.2, 0) is 0 Å². The molecule has 1 aromatic rings. The molecule has 0 aliphatic heterocycles. The number of nitrogens with zero attached hydrogens (tertiary/aromatic N) is 3. The predicted octanol–water partition coefficient (Wildman–Crippen LogP) is 1.58. The summed E-state index contributed by atoms with van der Waals surface area (Å²) in [5, 5.41) is 7.58. The van der Waals surface area contributed by atoms with Gasteiger partial charge in [0.05, 0.1) is 5.70 Å². The standard InChI is InChI=1S/C11H10N4OS/c12-11(16)15(10-5-2-6-13-14-10)8-3-1-4-9(17)7-8/h1-3,5-7H,4H2,(H2,12,16). The van der Waals surface area contributed by atoms with E-state index < -0.39 is 6.03 Å². The van der Waals surface area contributed by atoms with Crippen LogP contribution in [0, 0.1) is 0 Å². The van der Waals surface area contributed by atoms with Crippen LogP contribution in [0.2, 0.25) is 0 Å². The van der Waals surface area contributed by atoms with Crippen molar-refractivity contribution in [1.82, 2.24) is 10.2 Å². The van der Waals surface area contributed by atoms with Gasteiger partial charge in [-0.2, -0.15) is 5.10 Å². The summed E-state index contributed by atoms with van der Waals surface area (Å²) in [6.45, 7) is 0. The Morgan fingerprint density at radius 2 is 2.35 bits per heavy atom. The first kappa shape index (κ1) is 11.4. The van der Waals surface area contributed by atoms with Crippen LogP contribution in [0.1, 0.15) is 6.42 Å². The van der Waals surface area contributed by atoms with Crippen LogP contribution in [0.3, 0.4) is 0 Å². The maximum Gasteiger partial charge on any atom is 0.325 e. The Hall–Kier alpha value is -2.08. The van der Waals surface area contributed by atoms with Crippen molar-refractivity contribution in [3.05, 3.63) is 42.3 Å². The van der Waals surface area contributed by atoms with Gasteiger partial charge in [0.25, 0.3) is 0 Å². The minimum atomic E-state index is -0.619. The normalized spacial score (nSPS) is 14.4. The van der Waals surface area contributed by atoms with E-state index in [0.717, 1.165) is 4.86 Å². The Bertz CT molecular complexity index is 509. The van der Waals surface area contributed by atoms with Gasteiger partial charge in [0.1, 0.15) is 0 Å². The summed E-state index contributed by atoms with van der Waals surface area (Å²) in [5.74, 6) is 0.376. The first-order valence-electron chi connectivity index (χ1n) is 4.97. The highest BCUT2D eigenvalue weighted by molar-refractivity contribution is 7.80. The van der Waals surface area contributed by atoms with Gasteiger partial charge in [-0.05, 0) is 24.3 Å². The SMILES string of the molecule is NC(=O)N(C1=CC(=S)CC=C1)c1cccnn1. The van der Waals surface area contributed by atoms with Crippen molar-refractivity contribution >= 4 is 28.9 Å². The van der Waals surface area contributed by atoms with Gasteiger partial charge in [-0.15, -0.1) is 5.10 Å². The summed E-state index contributed by atoms with van der Waals surface area (Å²) >= 11 is 5.10. The molecule has 0 saturated heterocycles. The average molecular weight is 246 g/mol. The van der Waals surface area contributed by atoms with E-state index in [0.29, 0.717) is 17.9 Å². The molecule has 1 aromatic heterocycles. The summed E-state index contributed by atoms with van der Waals surface area (Å²) in [5.41, 5.74) is 5.95. The van der Waals surface area contributed by atoms with Crippen LogP contribution in [0.25, 0.3) is 0 Å². The van der Waals surface area contributed by atoms with Crippen LogP contribution >= 0.6 is 12.2 Å². The number of thiocarbonyl (C=S) groups is 1. The summed E-state index contributed by atoms with van der Waals surface area (Å²) in [4.78, 5) is 13.5. The molecular weight excluding hydrogens is 236 g/mol. The highest BCUT2D eigenvalue weighted by Gasteiger charge is 2.18. The van der Waals surface area contributed by atoms with Gasteiger partial charge >= 0.3 is 6.03 Å². The molecule has 17 heavy (non-hydrogen) atoms. The molecule has 2 amide bonds. The number of carbonyl (C=O) groups is 1. The van der Waals surface area contributed by atoms with E-state index in [1.165, 1.54) is 11.1 Å². The lowest BCUT2D eigenvalue weighted by Gasteiger charge is -2.21. The van der Waals surface area contributed by atoms with Gasteiger partial charge in [-0.3, -0.25) is 0 Å². The molecule has 0 atom stereocenters. The number of anilines is 1. The summed E-state index contributed by atoms with van der Waals surface area (Å²) in [6.07, 6.45) is 7.62. The molecule has 6 heteroatoms. The maximum absolute atomic E-state index is 11.5. The lowest BCUT2D eigenvalue weighted by molar-refractivity contribution is 0.255. The number of allylic oxidation sites excluding steroid dienone is 3. The molecule has 86 valence electrons. The average Bonchev–Trinajstić information content (AvgIpc) is 2.30. The van der Waals surface area contributed by atoms with Gasteiger partial charge in [-0.1, -0.05) is 18.3 Å². The number of aromatic nitrogens is 2. The first-order chi connectivity index (χ1) is 8.18. The predicted molar refractivity (Wildman–Crippen MR) is 68.5 cm³/mol. The van der Waals surface area contributed by atoms with E-state index >= 15 is 0 Å². The molecule has 0 aromatic carbocycles. The quantitative estimate of drug-likeness (QED) is 0.804. The molecule has 2 N–H and O–H groups in total. The van der Waals surface area contributed by atoms with Gasteiger partial charge in [0.2, 0.25) is 0 Å². The van der Waals surface area contributed by atoms with E-state index in [1.807, 2.05) is 6.08 Å². The molecule has 0 spiro atoms. The van der Waals surface area contributed by atoms with Crippen molar-refractivity contribution in [1.29, 1.82) is 0 Å². The Kier molecular flexibility index (Phi) is 3.24. The smallest absolute Gasteiger partial charge is 0.325 e. The fraction of sp³-hybridized carbons (Fsp3) is 0.0909. The fourth-order valence-electron chi connectivity index (χ4n) is 1.49. The molecule has 2 rings (SSSR count). The third kappa shape index (κ3) is 2.54. The zero-order valence-corrected chi connectivity index (χ0v) is 9.72. The highest BCUT2D eigenvalue weighted by atomic mass is 32.1. The molecule has 1 aliphatic rings.